The molecule has 1 aliphatic heterocycles. The molecule has 0 radical (unpaired) electrons. The molecule has 8 heteroatoms. The van der Waals surface area contributed by atoms with Gasteiger partial charge in [0.25, 0.3) is 5.56 Å². The van der Waals surface area contributed by atoms with Crippen LogP contribution in [0.3, 0.4) is 0 Å². The van der Waals surface area contributed by atoms with Crippen molar-refractivity contribution >= 4 is 34.3 Å². The highest BCUT2D eigenvalue weighted by atomic mass is 32.1. The second kappa shape index (κ2) is 8.46. The molecule has 31 heavy (non-hydrogen) atoms. The van der Waals surface area contributed by atoms with Gasteiger partial charge < -0.3 is 4.57 Å². The number of rotatable bonds is 3. The zero-order valence-corrected chi connectivity index (χ0v) is 18.3. The van der Waals surface area contributed by atoms with Gasteiger partial charge in [0, 0.05) is 17.8 Å². The number of nitrogens with zero attached hydrogens (tertiary/aromatic N) is 5. The maximum Gasteiger partial charge on any atom is 0.273 e. The van der Waals surface area contributed by atoms with E-state index >= 15 is 0 Å². The van der Waals surface area contributed by atoms with Gasteiger partial charge in [0.05, 0.1) is 10.2 Å². The predicted molar refractivity (Wildman–Crippen MR) is 123 cm³/mol. The van der Waals surface area contributed by atoms with Crippen LogP contribution in [-0.4, -0.2) is 19.3 Å². The van der Waals surface area contributed by atoms with E-state index in [9.17, 15) is 10.1 Å². The molecule has 0 spiro atoms. The average Bonchev–Trinajstić information content (AvgIpc) is 3.47. The highest BCUT2D eigenvalue weighted by Crippen LogP contribution is 2.18. The van der Waals surface area contributed by atoms with E-state index in [-0.39, 0.29) is 5.56 Å². The number of aromatic nitrogens is 4. The molecule has 3 aromatic heterocycles. The number of hydrogen-bond donors (Lipinski definition) is 0. The molecule has 4 aromatic rings. The zero-order valence-electron chi connectivity index (χ0n) is 16.7. The van der Waals surface area contributed by atoms with Gasteiger partial charge in [0.1, 0.15) is 22.1 Å². The van der Waals surface area contributed by atoms with E-state index in [4.69, 9.17) is 0 Å². The van der Waals surface area contributed by atoms with Crippen molar-refractivity contribution in [2.24, 2.45) is 0 Å². The molecule has 0 saturated heterocycles. The molecule has 4 heterocycles. The lowest BCUT2D eigenvalue weighted by Gasteiger charge is -2.07. The van der Waals surface area contributed by atoms with Gasteiger partial charge in [0.2, 0.25) is 0 Å². The summed E-state index contributed by atoms with van der Waals surface area (Å²) < 4.78 is 4.85. The van der Waals surface area contributed by atoms with Gasteiger partial charge in [-0.3, -0.25) is 9.36 Å². The Morgan fingerprint density at radius 1 is 1.10 bits per heavy atom. The summed E-state index contributed by atoms with van der Waals surface area (Å²) in [6.45, 7) is 0.790. The standard InChI is InChI=1S/C23H19N5OS2/c24-15-18(21-26-25-20-11-5-2-6-12-27(20)21)23-28(16-8-3-1-4-9-16)22(29)19(31-23)14-17-10-7-13-30-17/h1,3-4,7-10,13-14H,2,5-6,11-12H2. The SMILES string of the molecule is N#CC(c1nnc2n1CCCCC2)=c1sc(=Cc2cccs2)c(=O)n1-c1ccccc1. The van der Waals surface area contributed by atoms with Crippen molar-refractivity contribution < 1.29 is 0 Å². The first-order valence-electron chi connectivity index (χ1n) is 10.2. The second-order valence-corrected chi connectivity index (χ2v) is 9.31. The van der Waals surface area contributed by atoms with Gasteiger partial charge in [-0.05, 0) is 42.5 Å². The number of benzene rings is 1. The van der Waals surface area contributed by atoms with E-state index in [1.165, 1.54) is 11.3 Å². The number of fused-ring (bicyclic) bond motifs is 1. The Morgan fingerprint density at radius 2 is 1.97 bits per heavy atom. The molecule has 6 nitrogen and oxygen atoms in total. The van der Waals surface area contributed by atoms with Gasteiger partial charge in [-0.2, -0.15) is 5.26 Å². The number of nitriles is 1. The summed E-state index contributed by atoms with van der Waals surface area (Å²) in [5.41, 5.74) is 0.980. The number of para-hydroxylation sites is 1. The first-order valence-corrected chi connectivity index (χ1v) is 11.9. The molecule has 1 aromatic carbocycles. The maximum absolute atomic E-state index is 13.4. The topological polar surface area (TPSA) is 76.5 Å². The Bertz CT molecular complexity index is 1440. The fourth-order valence-corrected chi connectivity index (χ4v) is 5.65. The molecular weight excluding hydrogens is 426 g/mol. The highest BCUT2D eigenvalue weighted by Gasteiger charge is 2.21. The van der Waals surface area contributed by atoms with Crippen LogP contribution in [0.25, 0.3) is 17.3 Å². The minimum atomic E-state index is -0.136. The van der Waals surface area contributed by atoms with Crippen LogP contribution < -0.4 is 14.8 Å². The maximum atomic E-state index is 13.4. The Balaban J connectivity index is 1.84. The monoisotopic (exact) mass is 445 g/mol. The summed E-state index contributed by atoms with van der Waals surface area (Å²) in [5, 5.41) is 20.9. The smallest absolute Gasteiger partial charge is 0.273 e. The summed E-state index contributed by atoms with van der Waals surface area (Å²) in [4.78, 5) is 14.4. The van der Waals surface area contributed by atoms with Crippen molar-refractivity contribution in [3.05, 3.63) is 83.9 Å². The van der Waals surface area contributed by atoms with Crippen molar-refractivity contribution in [1.82, 2.24) is 19.3 Å². The Kier molecular flexibility index (Phi) is 5.37. The second-order valence-electron chi connectivity index (χ2n) is 7.30. The Morgan fingerprint density at radius 3 is 2.74 bits per heavy atom. The fourth-order valence-electron chi connectivity index (χ4n) is 3.83. The largest absolute Gasteiger partial charge is 0.310 e. The van der Waals surface area contributed by atoms with Gasteiger partial charge >= 0.3 is 0 Å². The Hall–Kier alpha value is -3.28. The van der Waals surface area contributed by atoms with Crippen LogP contribution in [0.15, 0.2) is 52.6 Å². The van der Waals surface area contributed by atoms with E-state index in [0.29, 0.717) is 20.6 Å². The Labute approximate surface area is 186 Å². The van der Waals surface area contributed by atoms with E-state index in [1.807, 2.05) is 58.5 Å². The lowest BCUT2D eigenvalue weighted by atomic mass is 10.2. The van der Waals surface area contributed by atoms with Crippen molar-refractivity contribution in [2.75, 3.05) is 0 Å². The van der Waals surface area contributed by atoms with Crippen molar-refractivity contribution in [1.29, 1.82) is 5.26 Å². The van der Waals surface area contributed by atoms with Crippen LogP contribution in [0, 0.1) is 11.3 Å². The summed E-state index contributed by atoms with van der Waals surface area (Å²) in [6, 6.07) is 15.7. The van der Waals surface area contributed by atoms with Gasteiger partial charge in [-0.1, -0.05) is 30.7 Å². The molecule has 0 aliphatic carbocycles. The lowest BCUT2D eigenvalue weighted by molar-refractivity contribution is 0.627. The van der Waals surface area contributed by atoms with Crippen LogP contribution in [0.4, 0.5) is 0 Å². The van der Waals surface area contributed by atoms with Crippen LogP contribution in [0.1, 0.15) is 35.8 Å². The van der Waals surface area contributed by atoms with Gasteiger partial charge in [-0.25, -0.2) is 0 Å². The summed E-state index contributed by atoms with van der Waals surface area (Å²) >= 11 is 2.90. The quantitative estimate of drug-likeness (QED) is 0.486. The molecule has 0 atom stereocenters. The van der Waals surface area contributed by atoms with Gasteiger partial charge in [-0.15, -0.1) is 32.9 Å². The average molecular weight is 446 g/mol. The molecule has 5 rings (SSSR count). The number of thiophene rings is 1. The highest BCUT2D eigenvalue weighted by molar-refractivity contribution is 7.11. The van der Waals surface area contributed by atoms with Crippen molar-refractivity contribution in [2.45, 2.75) is 32.2 Å². The van der Waals surface area contributed by atoms with Crippen molar-refractivity contribution in [3.63, 3.8) is 0 Å². The molecule has 1 aliphatic rings. The first kappa shape index (κ1) is 19.7. The van der Waals surface area contributed by atoms with Crippen LogP contribution in [0.5, 0.6) is 0 Å². The molecule has 0 fully saturated rings. The molecule has 0 amide bonds. The third-order valence-electron chi connectivity index (χ3n) is 5.31. The van der Waals surface area contributed by atoms with E-state index in [1.54, 1.807) is 15.9 Å². The lowest BCUT2D eigenvalue weighted by Crippen LogP contribution is -2.31. The van der Waals surface area contributed by atoms with E-state index < -0.39 is 0 Å². The first-order chi connectivity index (χ1) is 15.3. The van der Waals surface area contributed by atoms with Crippen LogP contribution in [-0.2, 0) is 13.0 Å². The minimum Gasteiger partial charge on any atom is -0.310 e. The van der Waals surface area contributed by atoms with Gasteiger partial charge in [0.15, 0.2) is 5.82 Å². The molecule has 154 valence electrons. The van der Waals surface area contributed by atoms with E-state index in [2.05, 4.69) is 16.3 Å². The van der Waals surface area contributed by atoms with Crippen LogP contribution in [0.2, 0.25) is 0 Å². The minimum absolute atomic E-state index is 0.136. The van der Waals surface area contributed by atoms with Crippen molar-refractivity contribution in [3.8, 4) is 11.8 Å². The summed E-state index contributed by atoms with van der Waals surface area (Å²) in [5.74, 6) is 1.46. The van der Waals surface area contributed by atoms with Crippen LogP contribution >= 0.6 is 22.7 Å². The molecule has 0 unspecified atom stereocenters. The molecule has 0 N–H and O–H groups in total. The molecular formula is C23H19N5OS2. The normalized spacial score (nSPS) is 15.3. The predicted octanol–water partition coefficient (Wildman–Crippen LogP) is 2.83. The summed E-state index contributed by atoms with van der Waals surface area (Å²) in [6.07, 6.45) is 6.00. The molecule has 0 saturated carbocycles. The zero-order chi connectivity index (χ0) is 21.2. The number of aryl methyl sites for hydroxylation is 1. The third-order valence-corrected chi connectivity index (χ3v) is 7.23. The number of hydrogen-bond acceptors (Lipinski definition) is 6. The third kappa shape index (κ3) is 3.67. The summed E-state index contributed by atoms with van der Waals surface area (Å²) in [7, 11) is 0. The molecule has 0 bridgehead atoms. The fraction of sp³-hybridized carbons (Fsp3) is 0.217. The number of thiazole rings is 1. The van der Waals surface area contributed by atoms with E-state index in [0.717, 1.165) is 48.6 Å².